The highest BCUT2D eigenvalue weighted by molar-refractivity contribution is 5.92. The zero-order chi connectivity index (χ0) is 16.1. The van der Waals surface area contributed by atoms with Crippen LogP contribution in [0, 0.1) is 0 Å². The van der Waals surface area contributed by atoms with Crippen LogP contribution in [0.25, 0.3) is 0 Å². The molecule has 5 nitrogen and oxygen atoms in total. The van der Waals surface area contributed by atoms with Gasteiger partial charge in [0.1, 0.15) is 24.7 Å². The second kappa shape index (κ2) is 6.98. The zero-order valence-corrected chi connectivity index (χ0v) is 12.3. The number of hydrogen-bond donors (Lipinski definition) is 1. The first-order chi connectivity index (χ1) is 11.2. The fourth-order valence-electron chi connectivity index (χ4n) is 2.18. The van der Waals surface area contributed by atoms with Crippen LogP contribution in [-0.4, -0.2) is 30.6 Å². The molecule has 3 rings (SSSR count). The molecule has 5 heteroatoms. The molecule has 2 aromatic carbocycles. The number of para-hydroxylation sites is 2. The van der Waals surface area contributed by atoms with E-state index in [0.717, 1.165) is 0 Å². The fourth-order valence-corrected chi connectivity index (χ4v) is 2.18. The van der Waals surface area contributed by atoms with Crippen molar-refractivity contribution in [1.29, 1.82) is 0 Å². The number of aliphatic hydroxyl groups excluding tert-OH is 1. The van der Waals surface area contributed by atoms with Crippen molar-refractivity contribution >= 4 is 5.97 Å². The molecule has 0 radical (unpaired) electrons. The second-order valence-electron chi connectivity index (χ2n) is 4.96. The summed E-state index contributed by atoms with van der Waals surface area (Å²) >= 11 is 0. The van der Waals surface area contributed by atoms with Gasteiger partial charge in [-0.25, -0.2) is 4.79 Å². The minimum Gasteiger partial charge on any atom is -0.489 e. The van der Waals surface area contributed by atoms with E-state index in [1.807, 2.05) is 36.4 Å². The van der Waals surface area contributed by atoms with Crippen LogP contribution in [-0.2, 0) is 9.53 Å². The predicted octanol–water partition coefficient (Wildman–Crippen LogP) is 2.32. The first-order valence-corrected chi connectivity index (χ1v) is 7.20. The van der Waals surface area contributed by atoms with Crippen molar-refractivity contribution in [2.24, 2.45) is 0 Å². The molecule has 0 aromatic heterocycles. The monoisotopic (exact) mass is 312 g/mol. The Balaban J connectivity index is 1.70. The molecule has 2 aromatic rings. The van der Waals surface area contributed by atoms with Crippen LogP contribution in [0.2, 0.25) is 0 Å². The summed E-state index contributed by atoms with van der Waals surface area (Å²) in [6.45, 7) is 0.0811. The number of hydrogen-bond acceptors (Lipinski definition) is 5. The Morgan fingerprint density at radius 2 is 1.39 bits per heavy atom. The molecular formula is C18H16O5. The molecule has 0 aliphatic carbocycles. The summed E-state index contributed by atoms with van der Waals surface area (Å²) in [5.41, 5.74) is 0.673. The molecule has 1 aliphatic rings. The van der Waals surface area contributed by atoms with Crippen molar-refractivity contribution in [3.63, 3.8) is 0 Å². The smallest absolute Gasteiger partial charge is 0.340 e. The van der Waals surface area contributed by atoms with E-state index in [2.05, 4.69) is 0 Å². The third kappa shape index (κ3) is 3.70. The number of carbonyl (C=O) groups is 1. The van der Waals surface area contributed by atoms with Gasteiger partial charge in [0.15, 0.2) is 0 Å². The topological polar surface area (TPSA) is 65.0 Å². The first-order valence-electron chi connectivity index (χ1n) is 7.20. The van der Waals surface area contributed by atoms with Crippen molar-refractivity contribution in [3.05, 3.63) is 71.8 Å². The van der Waals surface area contributed by atoms with Gasteiger partial charge >= 0.3 is 5.97 Å². The Morgan fingerprint density at radius 1 is 0.870 bits per heavy atom. The van der Waals surface area contributed by atoms with Crippen LogP contribution in [0.1, 0.15) is 0 Å². The average Bonchev–Trinajstić information content (AvgIpc) is 2.86. The molecule has 1 atom stereocenters. The third-order valence-electron chi connectivity index (χ3n) is 3.41. The fraction of sp³-hybridized carbons (Fsp3) is 0.167. The normalized spacial score (nSPS) is 17.1. The molecule has 0 fully saturated rings. The van der Waals surface area contributed by atoms with Crippen molar-refractivity contribution in [1.82, 2.24) is 0 Å². The molecular weight excluding hydrogens is 296 g/mol. The lowest BCUT2D eigenvalue weighted by Crippen LogP contribution is -2.15. The summed E-state index contributed by atoms with van der Waals surface area (Å²) in [7, 11) is 0. The van der Waals surface area contributed by atoms with Crippen LogP contribution in [0.4, 0.5) is 0 Å². The lowest BCUT2D eigenvalue weighted by molar-refractivity contribution is -0.152. The van der Waals surface area contributed by atoms with Gasteiger partial charge in [0.05, 0.1) is 5.57 Å². The predicted molar refractivity (Wildman–Crippen MR) is 83.0 cm³/mol. The molecule has 0 saturated heterocycles. The van der Waals surface area contributed by atoms with E-state index in [4.69, 9.17) is 14.2 Å². The lowest BCUT2D eigenvalue weighted by atomic mass is 10.1. The summed E-state index contributed by atoms with van der Waals surface area (Å²) in [6.07, 6.45) is -1.29. The number of benzene rings is 2. The largest absolute Gasteiger partial charge is 0.489 e. The molecule has 23 heavy (non-hydrogen) atoms. The Kier molecular flexibility index (Phi) is 4.59. The highest BCUT2D eigenvalue weighted by atomic mass is 16.6. The summed E-state index contributed by atoms with van der Waals surface area (Å²) in [6, 6.07) is 18.3. The van der Waals surface area contributed by atoms with Crippen molar-refractivity contribution in [2.45, 2.75) is 6.29 Å². The molecule has 0 spiro atoms. The van der Waals surface area contributed by atoms with Crippen LogP contribution in [0.3, 0.4) is 0 Å². The van der Waals surface area contributed by atoms with E-state index in [1.54, 1.807) is 24.3 Å². The molecule has 0 amide bonds. The van der Waals surface area contributed by atoms with Gasteiger partial charge in [-0.15, -0.1) is 0 Å². The first kappa shape index (κ1) is 15.1. The van der Waals surface area contributed by atoms with Gasteiger partial charge in [-0.05, 0) is 24.3 Å². The Morgan fingerprint density at radius 3 is 1.96 bits per heavy atom. The number of aliphatic hydroxyl groups is 1. The van der Waals surface area contributed by atoms with E-state index in [1.165, 1.54) is 0 Å². The van der Waals surface area contributed by atoms with Crippen molar-refractivity contribution in [3.8, 4) is 11.5 Å². The number of carbonyl (C=O) groups excluding carboxylic acids is 1. The van der Waals surface area contributed by atoms with E-state index < -0.39 is 12.3 Å². The third-order valence-corrected chi connectivity index (χ3v) is 3.41. The van der Waals surface area contributed by atoms with Gasteiger partial charge in [-0.1, -0.05) is 36.4 Å². The summed E-state index contributed by atoms with van der Waals surface area (Å²) in [5, 5.41) is 9.87. The van der Waals surface area contributed by atoms with E-state index in [0.29, 0.717) is 17.1 Å². The molecule has 0 bridgehead atoms. The molecule has 0 saturated carbocycles. The Labute approximate surface area is 133 Å². The van der Waals surface area contributed by atoms with Crippen LogP contribution < -0.4 is 9.47 Å². The zero-order valence-electron chi connectivity index (χ0n) is 12.3. The van der Waals surface area contributed by atoms with E-state index in [9.17, 15) is 9.90 Å². The number of rotatable bonds is 6. The molecule has 118 valence electrons. The SMILES string of the molecule is O=C1OC(O)C(COc2ccccc2)=C1COc1ccccc1. The molecule has 1 N–H and O–H groups in total. The second-order valence-corrected chi connectivity index (χ2v) is 4.96. The standard InChI is InChI=1S/C18H16O5/c19-17-15(11-21-13-7-3-1-4-8-13)16(18(20)23-17)12-22-14-9-5-2-6-10-14/h1-10,17,19H,11-12H2. The van der Waals surface area contributed by atoms with Gasteiger partial charge in [0.2, 0.25) is 6.29 Å². The van der Waals surface area contributed by atoms with Gasteiger partial charge in [0, 0.05) is 5.57 Å². The summed E-state index contributed by atoms with van der Waals surface area (Å²) in [5.74, 6) is 0.701. The molecule has 1 heterocycles. The molecule has 1 unspecified atom stereocenters. The van der Waals surface area contributed by atoms with E-state index in [-0.39, 0.29) is 18.8 Å². The lowest BCUT2D eigenvalue weighted by Gasteiger charge is -2.10. The number of esters is 1. The van der Waals surface area contributed by atoms with Gasteiger partial charge in [0.25, 0.3) is 0 Å². The summed E-state index contributed by atoms with van der Waals surface area (Å²) in [4.78, 5) is 11.9. The van der Waals surface area contributed by atoms with E-state index >= 15 is 0 Å². The highest BCUT2D eigenvalue weighted by Crippen LogP contribution is 2.23. The number of ether oxygens (including phenoxy) is 3. The minimum absolute atomic E-state index is 0.0212. The maximum Gasteiger partial charge on any atom is 0.340 e. The average molecular weight is 312 g/mol. The van der Waals surface area contributed by atoms with Gasteiger partial charge in [-0.3, -0.25) is 0 Å². The van der Waals surface area contributed by atoms with Gasteiger partial charge < -0.3 is 19.3 Å². The quantitative estimate of drug-likeness (QED) is 0.829. The maximum atomic E-state index is 11.9. The Bertz CT molecular complexity index is 694. The number of cyclic esters (lactones) is 1. The Hall–Kier alpha value is -2.79. The van der Waals surface area contributed by atoms with Crippen molar-refractivity contribution < 1.29 is 24.1 Å². The van der Waals surface area contributed by atoms with Crippen LogP contribution in [0.5, 0.6) is 11.5 Å². The van der Waals surface area contributed by atoms with Gasteiger partial charge in [-0.2, -0.15) is 0 Å². The maximum absolute atomic E-state index is 11.9. The minimum atomic E-state index is -1.29. The highest BCUT2D eigenvalue weighted by Gasteiger charge is 2.33. The van der Waals surface area contributed by atoms with Crippen LogP contribution in [0.15, 0.2) is 71.8 Å². The van der Waals surface area contributed by atoms with Crippen molar-refractivity contribution in [2.75, 3.05) is 13.2 Å². The van der Waals surface area contributed by atoms with Crippen LogP contribution >= 0.6 is 0 Å². The summed E-state index contributed by atoms with van der Waals surface area (Å²) < 4.78 is 16.0. The molecule has 1 aliphatic heterocycles.